The summed E-state index contributed by atoms with van der Waals surface area (Å²) in [6.45, 7) is 3.17. The van der Waals surface area contributed by atoms with Crippen molar-refractivity contribution in [3.05, 3.63) is 18.0 Å². The highest BCUT2D eigenvalue weighted by Gasteiger charge is 2.29. The number of nitrogens with one attached hydrogen (secondary N) is 1. The summed E-state index contributed by atoms with van der Waals surface area (Å²) in [5.74, 6) is 0.934. The molecule has 0 aromatic carbocycles. The molecule has 0 aliphatic heterocycles. The van der Waals surface area contributed by atoms with Crippen LogP contribution in [0, 0.1) is 5.92 Å². The molecule has 1 N–H and O–H groups in total. The highest BCUT2D eigenvalue weighted by molar-refractivity contribution is 4.99. The first kappa shape index (κ1) is 9.71. The van der Waals surface area contributed by atoms with Gasteiger partial charge in [0, 0.05) is 25.8 Å². The number of nitrogens with zero attached hydrogens (tertiary/aromatic N) is 2. The van der Waals surface area contributed by atoms with Crippen LogP contribution in [0.5, 0.6) is 0 Å². The monoisotopic (exact) mass is 193 g/mol. The van der Waals surface area contributed by atoms with Crippen molar-refractivity contribution in [2.75, 3.05) is 0 Å². The van der Waals surface area contributed by atoms with Crippen LogP contribution < -0.4 is 5.32 Å². The zero-order valence-corrected chi connectivity index (χ0v) is 9.03. The van der Waals surface area contributed by atoms with Gasteiger partial charge in [-0.25, -0.2) is 0 Å². The third-order valence-corrected chi connectivity index (χ3v) is 2.95. The number of rotatable bonds is 5. The van der Waals surface area contributed by atoms with E-state index >= 15 is 0 Å². The number of hydrogen-bond donors (Lipinski definition) is 1. The number of aryl methyl sites for hydroxylation is 1. The first-order valence-electron chi connectivity index (χ1n) is 5.51. The average molecular weight is 193 g/mol. The lowest BCUT2D eigenvalue weighted by Crippen LogP contribution is -2.29. The van der Waals surface area contributed by atoms with Crippen LogP contribution in [0.2, 0.25) is 0 Å². The van der Waals surface area contributed by atoms with Gasteiger partial charge in [-0.1, -0.05) is 6.92 Å². The van der Waals surface area contributed by atoms with Gasteiger partial charge in [0.05, 0.1) is 5.69 Å². The molecular weight excluding hydrogens is 174 g/mol. The lowest BCUT2D eigenvalue weighted by Gasteiger charge is -2.14. The van der Waals surface area contributed by atoms with Gasteiger partial charge in [0.2, 0.25) is 0 Å². The van der Waals surface area contributed by atoms with Gasteiger partial charge in [0.1, 0.15) is 0 Å². The van der Waals surface area contributed by atoms with Crippen molar-refractivity contribution in [2.45, 2.75) is 38.8 Å². The predicted octanol–water partition coefficient (Wildman–Crippen LogP) is 1.70. The second-order valence-electron chi connectivity index (χ2n) is 4.21. The van der Waals surface area contributed by atoms with Crippen molar-refractivity contribution in [1.29, 1.82) is 0 Å². The molecule has 1 aromatic heterocycles. The van der Waals surface area contributed by atoms with Crippen LogP contribution in [0.3, 0.4) is 0 Å². The zero-order valence-electron chi connectivity index (χ0n) is 9.03. The van der Waals surface area contributed by atoms with E-state index in [-0.39, 0.29) is 0 Å². The summed E-state index contributed by atoms with van der Waals surface area (Å²) in [7, 11) is 1.96. The normalized spacial score (nSPS) is 18.4. The fourth-order valence-corrected chi connectivity index (χ4v) is 1.94. The minimum absolute atomic E-state index is 0.706. The summed E-state index contributed by atoms with van der Waals surface area (Å²) in [5, 5.41) is 7.94. The Morgan fingerprint density at radius 1 is 1.64 bits per heavy atom. The van der Waals surface area contributed by atoms with Crippen molar-refractivity contribution in [2.24, 2.45) is 13.0 Å². The largest absolute Gasteiger partial charge is 0.308 e. The van der Waals surface area contributed by atoms with E-state index < -0.39 is 0 Å². The van der Waals surface area contributed by atoms with Crippen molar-refractivity contribution in [1.82, 2.24) is 15.1 Å². The Kier molecular flexibility index (Phi) is 2.87. The summed E-state index contributed by atoms with van der Waals surface area (Å²) in [6.07, 6.45) is 6.05. The van der Waals surface area contributed by atoms with Gasteiger partial charge in [0.25, 0.3) is 0 Å². The van der Waals surface area contributed by atoms with Crippen LogP contribution in [0.25, 0.3) is 0 Å². The highest BCUT2D eigenvalue weighted by atomic mass is 15.3. The second kappa shape index (κ2) is 4.13. The highest BCUT2D eigenvalue weighted by Crippen LogP contribution is 2.33. The van der Waals surface area contributed by atoms with Crippen LogP contribution in [0.15, 0.2) is 12.3 Å². The molecule has 1 unspecified atom stereocenters. The molecule has 0 radical (unpaired) electrons. The van der Waals surface area contributed by atoms with E-state index in [2.05, 4.69) is 23.4 Å². The van der Waals surface area contributed by atoms with E-state index in [1.165, 1.54) is 19.3 Å². The molecule has 78 valence electrons. The molecular formula is C11H19N3. The fraction of sp³-hybridized carbons (Fsp3) is 0.727. The topological polar surface area (TPSA) is 29.9 Å². The van der Waals surface area contributed by atoms with Gasteiger partial charge in [-0.15, -0.1) is 0 Å². The van der Waals surface area contributed by atoms with Crippen molar-refractivity contribution in [3.8, 4) is 0 Å². The summed E-state index contributed by atoms with van der Waals surface area (Å²) < 4.78 is 1.86. The quantitative estimate of drug-likeness (QED) is 0.771. The molecule has 1 aromatic rings. The van der Waals surface area contributed by atoms with Gasteiger partial charge in [-0.05, 0) is 31.2 Å². The Labute approximate surface area is 85.5 Å². The fourth-order valence-electron chi connectivity index (χ4n) is 1.94. The van der Waals surface area contributed by atoms with Gasteiger partial charge in [-0.3, -0.25) is 4.68 Å². The summed E-state index contributed by atoms with van der Waals surface area (Å²) >= 11 is 0. The Morgan fingerprint density at radius 3 is 2.93 bits per heavy atom. The maximum atomic E-state index is 4.35. The maximum Gasteiger partial charge on any atom is 0.0762 e. The van der Waals surface area contributed by atoms with Crippen LogP contribution in [0.4, 0.5) is 0 Å². The van der Waals surface area contributed by atoms with E-state index in [9.17, 15) is 0 Å². The van der Waals surface area contributed by atoms with E-state index in [1.807, 2.05) is 17.9 Å². The van der Waals surface area contributed by atoms with Crippen LogP contribution in [-0.2, 0) is 13.6 Å². The lowest BCUT2D eigenvalue weighted by molar-refractivity contribution is 0.445. The first-order valence-corrected chi connectivity index (χ1v) is 5.51. The smallest absolute Gasteiger partial charge is 0.0762 e. The Morgan fingerprint density at radius 2 is 2.43 bits per heavy atom. The summed E-state index contributed by atoms with van der Waals surface area (Å²) in [5.41, 5.74) is 1.14. The van der Waals surface area contributed by atoms with E-state index in [0.29, 0.717) is 6.04 Å². The minimum Gasteiger partial charge on any atom is -0.308 e. The third-order valence-electron chi connectivity index (χ3n) is 2.95. The van der Waals surface area contributed by atoms with Gasteiger partial charge < -0.3 is 5.32 Å². The molecule has 14 heavy (non-hydrogen) atoms. The van der Waals surface area contributed by atoms with E-state index in [1.54, 1.807) is 0 Å². The predicted molar refractivity (Wildman–Crippen MR) is 56.9 cm³/mol. The molecule has 1 aliphatic carbocycles. The third kappa shape index (κ3) is 2.35. The minimum atomic E-state index is 0.706. The molecule has 1 atom stereocenters. The standard InChI is InChI=1S/C11H19N3/c1-3-11(9-4-5-9)12-8-10-6-7-14(2)13-10/h6-7,9,11-12H,3-5,8H2,1-2H3. The van der Waals surface area contributed by atoms with Gasteiger partial charge >= 0.3 is 0 Å². The molecule has 1 heterocycles. The Hall–Kier alpha value is -0.830. The molecule has 0 spiro atoms. The second-order valence-corrected chi connectivity index (χ2v) is 4.21. The molecule has 0 amide bonds. The Bertz CT molecular complexity index is 288. The van der Waals surface area contributed by atoms with E-state index in [4.69, 9.17) is 0 Å². The molecule has 0 bridgehead atoms. The number of aromatic nitrogens is 2. The molecule has 0 saturated heterocycles. The van der Waals surface area contributed by atoms with Crippen LogP contribution in [-0.4, -0.2) is 15.8 Å². The molecule has 2 rings (SSSR count). The Balaban J connectivity index is 1.80. The van der Waals surface area contributed by atoms with Crippen LogP contribution in [0.1, 0.15) is 31.9 Å². The van der Waals surface area contributed by atoms with Crippen molar-refractivity contribution >= 4 is 0 Å². The van der Waals surface area contributed by atoms with Gasteiger partial charge in [0.15, 0.2) is 0 Å². The lowest BCUT2D eigenvalue weighted by atomic mass is 10.1. The van der Waals surface area contributed by atoms with Crippen molar-refractivity contribution in [3.63, 3.8) is 0 Å². The molecule has 1 fully saturated rings. The zero-order chi connectivity index (χ0) is 9.97. The SMILES string of the molecule is CCC(NCc1ccn(C)n1)C1CC1. The number of hydrogen-bond acceptors (Lipinski definition) is 2. The average Bonchev–Trinajstić information content (AvgIpc) is 2.92. The van der Waals surface area contributed by atoms with Crippen molar-refractivity contribution < 1.29 is 0 Å². The van der Waals surface area contributed by atoms with E-state index in [0.717, 1.165) is 18.2 Å². The van der Waals surface area contributed by atoms with Crippen LogP contribution >= 0.6 is 0 Å². The maximum absolute atomic E-state index is 4.35. The molecule has 3 heteroatoms. The summed E-state index contributed by atoms with van der Waals surface area (Å²) in [6, 6.07) is 2.78. The molecule has 3 nitrogen and oxygen atoms in total. The molecule has 1 aliphatic rings. The van der Waals surface area contributed by atoms with Gasteiger partial charge in [-0.2, -0.15) is 5.10 Å². The summed E-state index contributed by atoms with van der Waals surface area (Å²) in [4.78, 5) is 0. The first-order chi connectivity index (χ1) is 6.79. The molecule has 1 saturated carbocycles.